The number of hydrogen-bond donors (Lipinski definition) is 2. The number of aliphatic hydroxyl groups is 1. The first-order chi connectivity index (χ1) is 6.58. The topological polar surface area (TPSA) is 58.6 Å². The summed E-state index contributed by atoms with van der Waals surface area (Å²) in [6.45, 7) is 4.86. The van der Waals surface area contributed by atoms with E-state index < -0.39 is 0 Å². The molecule has 1 atom stereocenters. The van der Waals surface area contributed by atoms with Crippen LogP contribution in [-0.2, 0) is 9.53 Å². The van der Waals surface area contributed by atoms with Gasteiger partial charge in [-0.25, -0.2) is 0 Å². The Morgan fingerprint density at radius 2 is 2.21 bits per heavy atom. The van der Waals surface area contributed by atoms with Crippen molar-refractivity contribution in [1.29, 1.82) is 0 Å². The highest BCUT2D eigenvalue weighted by atomic mass is 16.5. The molecule has 0 aliphatic carbocycles. The molecule has 0 aliphatic rings. The highest BCUT2D eigenvalue weighted by molar-refractivity contribution is 5.69. The number of ether oxygens (including phenoxy) is 1. The summed E-state index contributed by atoms with van der Waals surface area (Å²) < 4.78 is 4.53. The summed E-state index contributed by atoms with van der Waals surface area (Å²) in [5, 5.41) is 12.1. The Kier molecular flexibility index (Phi) is 6.49. The molecule has 2 N–H and O–H groups in total. The van der Waals surface area contributed by atoms with Gasteiger partial charge < -0.3 is 15.2 Å². The lowest BCUT2D eigenvalue weighted by molar-refractivity contribution is -0.140. The van der Waals surface area contributed by atoms with E-state index in [4.69, 9.17) is 5.11 Å². The van der Waals surface area contributed by atoms with E-state index >= 15 is 0 Å². The van der Waals surface area contributed by atoms with Crippen LogP contribution >= 0.6 is 0 Å². The molecule has 0 rings (SSSR count). The second kappa shape index (κ2) is 6.79. The van der Waals surface area contributed by atoms with Gasteiger partial charge in [-0.15, -0.1) is 0 Å². The molecule has 0 aromatic rings. The van der Waals surface area contributed by atoms with Gasteiger partial charge in [0.25, 0.3) is 0 Å². The van der Waals surface area contributed by atoms with E-state index in [0.29, 0.717) is 19.4 Å². The van der Waals surface area contributed by atoms with Gasteiger partial charge in [-0.05, 0) is 19.8 Å². The van der Waals surface area contributed by atoms with Crippen LogP contribution in [0.5, 0.6) is 0 Å². The van der Waals surface area contributed by atoms with Gasteiger partial charge in [-0.1, -0.05) is 6.92 Å². The van der Waals surface area contributed by atoms with Gasteiger partial charge in [-0.2, -0.15) is 0 Å². The number of carbonyl (C=O) groups excluding carboxylic acids is 1. The van der Waals surface area contributed by atoms with Crippen LogP contribution < -0.4 is 5.32 Å². The van der Waals surface area contributed by atoms with Crippen molar-refractivity contribution in [2.24, 2.45) is 0 Å². The Labute approximate surface area is 85.6 Å². The van der Waals surface area contributed by atoms with E-state index in [1.807, 2.05) is 6.92 Å². The van der Waals surface area contributed by atoms with Crippen molar-refractivity contribution in [3.8, 4) is 0 Å². The minimum Gasteiger partial charge on any atom is -0.469 e. The first-order valence-electron chi connectivity index (χ1n) is 5.00. The summed E-state index contributed by atoms with van der Waals surface area (Å²) in [5.74, 6) is -0.208. The van der Waals surface area contributed by atoms with Crippen molar-refractivity contribution in [3.05, 3.63) is 0 Å². The van der Waals surface area contributed by atoms with Gasteiger partial charge in [0.05, 0.1) is 13.5 Å². The van der Waals surface area contributed by atoms with Crippen LogP contribution in [0.1, 0.15) is 33.1 Å². The maximum absolute atomic E-state index is 10.8. The molecular weight excluding hydrogens is 182 g/mol. The number of hydrogen-bond acceptors (Lipinski definition) is 4. The molecule has 0 amide bonds. The van der Waals surface area contributed by atoms with Crippen LogP contribution in [0.3, 0.4) is 0 Å². The van der Waals surface area contributed by atoms with Gasteiger partial charge in [0.1, 0.15) is 0 Å². The van der Waals surface area contributed by atoms with E-state index in [2.05, 4.69) is 17.0 Å². The van der Waals surface area contributed by atoms with Crippen LogP contribution in [0.15, 0.2) is 0 Å². The minimum atomic E-state index is -0.208. The number of carbonyl (C=O) groups is 1. The number of nitrogens with one attached hydrogen (secondary N) is 1. The zero-order valence-corrected chi connectivity index (χ0v) is 9.30. The third-order valence-corrected chi connectivity index (χ3v) is 2.55. The Morgan fingerprint density at radius 1 is 1.57 bits per heavy atom. The van der Waals surface area contributed by atoms with Gasteiger partial charge in [0.15, 0.2) is 0 Å². The fourth-order valence-electron chi connectivity index (χ4n) is 1.21. The monoisotopic (exact) mass is 203 g/mol. The Hall–Kier alpha value is -0.610. The molecule has 84 valence electrons. The summed E-state index contributed by atoms with van der Waals surface area (Å²) >= 11 is 0. The summed E-state index contributed by atoms with van der Waals surface area (Å²) in [5.41, 5.74) is -0.0806. The van der Waals surface area contributed by atoms with Gasteiger partial charge in [0.2, 0.25) is 0 Å². The average Bonchev–Trinajstić information content (AvgIpc) is 2.18. The molecule has 0 aromatic heterocycles. The molecule has 0 aromatic carbocycles. The molecule has 0 spiro atoms. The number of methoxy groups -OCH3 is 1. The summed E-state index contributed by atoms with van der Waals surface area (Å²) in [7, 11) is 1.38. The molecule has 0 heterocycles. The fraction of sp³-hybridized carbons (Fsp3) is 0.900. The van der Waals surface area contributed by atoms with Crippen LogP contribution in [0.4, 0.5) is 0 Å². The van der Waals surface area contributed by atoms with Crippen LogP contribution in [0, 0.1) is 0 Å². The predicted octanol–water partition coefficient (Wildman–Crippen LogP) is 0.690. The Balaban J connectivity index is 3.77. The van der Waals surface area contributed by atoms with Crippen molar-refractivity contribution < 1.29 is 14.6 Å². The maximum Gasteiger partial charge on any atom is 0.306 e. The van der Waals surface area contributed by atoms with E-state index in [-0.39, 0.29) is 18.1 Å². The fourth-order valence-corrected chi connectivity index (χ4v) is 1.21. The smallest absolute Gasteiger partial charge is 0.306 e. The molecule has 0 saturated carbocycles. The van der Waals surface area contributed by atoms with Crippen LogP contribution in [0.25, 0.3) is 0 Å². The third-order valence-electron chi connectivity index (χ3n) is 2.55. The Bertz CT molecular complexity index is 173. The highest BCUT2D eigenvalue weighted by Crippen LogP contribution is 2.13. The van der Waals surface area contributed by atoms with Crippen LogP contribution in [-0.4, -0.2) is 36.9 Å². The number of rotatable bonds is 7. The van der Waals surface area contributed by atoms with Gasteiger partial charge in [0, 0.05) is 18.7 Å². The third kappa shape index (κ3) is 5.19. The van der Waals surface area contributed by atoms with E-state index in [9.17, 15) is 4.79 Å². The van der Waals surface area contributed by atoms with E-state index in [1.54, 1.807) is 0 Å². The normalized spacial score (nSPS) is 14.9. The maximum atomic E-state index is 10.8. The van der Waals surface area contributed by atoms with Gasteiger partial charge >= 0.3 is 5.97 Å². The lowest BCUT2D eigenvalue weighted by Gasteiger charge is -2.28. The lowest BCUT2D eigenvalue weighted by Crippen LogP contribution is -2.43. The molecule has 0 bridgehead atoms. The largest absolute Gasteiger partial charge is 0.469 e. The number of aliphatic hydroxyl groups excluding tert-OH is 1. The average molecular weight is 203 g/mol. The zero-order chi connectivity index (χ0) is 11.0. The molecule has 14 heavy (non-hydrogen) atoms. The molecule has 4 heteroatoms. The molecule has 4 nitrogen and oxygen atoms in total. The van der Waals surface area contributed by atoms with E-state index in [1.165, 1.54) is 7.11 Å². The summed E-state index contributed by atoms with van der Waals surface area (Å²) in [4.78, 5) is 10.8. The second-order valence-corrected chi connectivity index (χ2v) is 3.64. The highest BCUT2D eigenvalue weighted by Gasteiger charge is 2.20. The summed E-state index contributed by atoms with van der Waals surface area (Å²) in [6, 6.07) is 0. The van der Waals surface area contributed by atoms with Crippen molar-refractivity contribution in [3.63, 3.8) is 0 Å². The minimum absolute atomic E-state index is 0.0806. The Morgan fingerprint density at radius 3 is 2.64 bits per heavy atom. The zero-order valence-electron chi connectivity index (χ0n) is 9.30. The standard InChI is InChI=1S/C10H21NO3/c1-4-10(2,6-8-12)11-7-5-9(13)14-3/h11-12H,4-8H2,1-3H3. The number of esters is 1. The van der Waals surface area contributed by atoms with Crippen LogP contribution in [0.2, 0.25) is 0 Å². The van der Waals surface area contributed by atoms with Crippen molar-refractivity contribution in [2.75, 3.05) is 20.3 Å². The summed E-state index contributed by atoms with van der Waals surface area (Å²) in [6.07, 6.45) is 2.00. The first-order valence-corrected chi connectivity index (χ1v) is 5.00. The van der Waals surface area contributed by atoms with Crippen molar-refractivity contribution in [1.82, 2.24) is 5.32 Å². The van der Waals surface area contributed by atoms with Gasteiger partial charge in [-0.3, -0.25) is 4.79 Å². The molecule has 0 radical (unpaired) electrons. The predicted molar refractivity (Wildman–Crippen MR) is 55.0 cm³/mol. The molecule has 0 fully saturated rings. The molecule has 0 aliphatic heterocycles. The SMILES string of the molecule is CCC(C)(CCO)NCCC(=O)OC. The molecular formula is C10H21NO3. The lowest BCUT2D eigenvalue weighted by atomic mass is 9.95. The molecule has 1 unspecified atom stereocenters. The van der Waals surface area contributed by atoms with E-state index in [0.717, 1.165) is 6.42 Å². The second-order valence-electron chi connectivity index (χ2n) is 3.64. The quantitative estimate of drug-likeness (QED) is 0.598. The van der Waals surface area contributed by atoms with Crippen molar-refractivity contribution >= 4 is 5.97 Å². The molecule has 0 saturated heterocycles. The van der Waals surface area contributed by atoms with Crippen molar-refractivity contribution in [2.45, 2.75) is 38.6 Å². The first kappa shape index (κ1) is 13.4.